The molecular weight excluding hydrogens is 290 g/mol. The summed E-state index contributed by atoms with van der Waals surface area (Å²) in [5, 5.41) is 39.4. The van der Waals surface area contributed by atoms with Crippen LogP contribution in [0, 0.1) is 0 Å². The molecule has 0 saturated carbocycles. The summed E-state index contributed by atoms with van der Waals surface area (Å²) in [7, 11) is 0. The molecule has 11 heteroatoms. The van der Waals surface area contributed by atoms with Gasteiger partial charge in [-0.3, -0.25) is 19.2 Å². The van der Waals surface area contributed by atoms with Crippen molar-refractivity contribution in [2.75, 3.05) is 13.1 Å². The molecule has 0 spiro atoms. The van der Waals surface area contributed by atoms with Crippen molar-refractivity contribution >= 4 is 23.9 Å². The number of nitrogens with one attached hydrogen (secondary N) is 2. The Morgan fingerprint density at radius 2 is 1.29 bits per heavy atom. The van der Waals surface area contributed by atoms with E-state index >= 15 is 0 Å². The molecule has 3 atom stereocenters. The number of rotatable bonds is 11. The molecule has 120 valence electrons. The largest absolute Gasteiger partial charge is 0.481 e. The number of hydrogen-bond donors (Lipinski definition) is 7. The molecule has 0 aromatic carbocycles. The van der Waals surface area contributed by atoms with E-state index in [-0.39, 0.29) is 6.54 Å². The minimum Gasteiger partial charge on any atom is -0.481 e. The van der Waals surface area contributed by atoms with E-state index in [0.717, 1.165) is 0 Å². The molecule has 0 aliphatic carbocycles. The van der Waals surface area contributed by atoms with Gasteiger partial charge in [0.15, 0.2) is 0 Å². The molecule has 8 N–H and O–H groups in total. The smallest absolute Gasteiger partial charge is 0.322 e. The molecule has 0 aliphatic rings. The first-order valence-electron chi connectivity index (χ1n) is 5.77. The summed E-state index contributed by atoms with van der Waals surface area (Å²) in [4.78, 5) is 42.7. The quantitative estimate of drug-likeness (QED) is 0.204. The Morgan fingerprint density at radius 1 is 0.810 bits per heavy atom. The average molecular weight is 307 g/mol. The lowest BCUT2D eigenvalue weighted by Crippen LogP contribution is -2.53. The predicted molar refractivity (Wildman–Crippen MR) is 66.7 cm³/mol. The fourth-order valence-electron chi connectivity index (χ4n) is 1.28. The summed E-state index contributed by atoms with van der Waals surface area (Å²) in [5.74, 6) is -5.49. The number of nitrogens with two attached hydrogens (primary N) is 1. The lowest BCUT2D eigenvalue weighted by atomic mass is 10.2. The first kappa shape index (κ1) is 18.8. The zero-order valence-corrected chi connectivity index (χ0v) is 10.9. The third kappa shape index (κ3) is 7.81. The number of aliphatic carboxylic acids is 4. The average Bonchev–Trinajstić information content (AvgIpc) is 2.35. The van der Waals surface area contributed by atoms with Gasteiger partial charge >= 0.3 is 23.9 Å². The van der Waals surface area contributed by atoms with Crippen molar-refractivity contribution in [1.82, 2.24) is 10.6 Å². The van der Waals surface area contributed by atoms with Crippen LogP contribution < -0.4 is 16.4 Å². The fourth-order valence-corrected chi connectivity index (χ4v) is 1.28. The molecule has 0 fully saturated rings. The van der Waals surface area contributed by atoms with Crippen molar-refractivity contribution in [3.8, 4) is 0 Å². The van der Waals surface area contributed by atoms with Gasteiger partial charge in [0.05, 0.1) is 6.42 Å². The number of carboxylic acid groups (broad SMARTS) is 4. The zero-order valence-electron chi connectivity index (χ0n) is 10.9. The van der Waals surface area contributed by atoms with Gasteiger partial charge in [0.25, 0.3) is 0 Å². The molecule has 0 aliphatic heterocycles. The molecule has 0 bridgehead atoms. The highest BCUT2D eigenvalue weighted by Gasteiger charge is 2.25. The third-order valence-corrected chi connectivity index (χ3v) is 2.44. The molecular formula is C10H17N3O8. The van der Waals surface area contributed by atoms with Gasteiger partial charge in [0, 0.05) is 13.1 Å². The topological polar surface area (TPSA) is 199 Å². The van der Waals surface area contributed by atoms with Crippen molar-refractivity contribution in [1.29, 1.82) is 0 Å². The minimum absolute atomic E-state index is 0.343. The van der Waals surface area contributed by atoms with E-state index in [2.05, 4.69) is 10.6 Å². The number of carbonyl (C=O) groups is 4. The van der Waals surface area contributed by atoms with Crippen LogP contribution >= 0.6 is 0 Å². The summed E-state index contributed by atoms with van der Waals surface area (Å²) in [6.07, 6.45) is -0.726. The van der Waals surface area contributed by atoms with Gasteiger partial charge in [-0.25, -0.2) is 0 Å². The highest BCUT2D eigenvalue weighted by Crippen LogP contribution is 1.94. The van der Waals surface area contributed by atoms with Gasteiger partial charge in [0.2, 0.25) is 0 Å². The maximum atomic E-state index is 10.9. The Kier molecular flexibility index (Phi) is 7.89. The highest BCUT2D eigenvalue weighted by atomic mass is 16.4. The number of hydrogen-bond acceptors (Lipinski definition) is 7. The predicted octanol–water partition coefficient (Wildman–Crippen LogP) is -3.04. The maximum Gasteiger partial charge on any atom is 0.322 e. The molecule has 0 aromatic heterocycles. The summed E-state index contributed by atoms with van der Waals surface area (Å²) in [6.45, 7) is -0.753. The van der Waals surface area contributed by atoms with Crippen molar-refractivity contribution < 1.29 is 39.6 Å². The van der Waals surface area contributed by atoms with Crippen LogP contribution in [0.5, 0.6) is 0 Å². The standard InChI is InChI=1S/C10H17N3O8/c11-4(8(16)17)2-12-6(10(20)21)3-13-5(9(18)19)1-7(14)15/h4-6,12-13H,1-3,11H2,(H,14,15)(H,16,17)(H,18,19)(H,20,21)/t4-,5-,6-/m0/s1. The van der Waals surface area contributed by atoms with Crippen LogP contribution in [0.4, 0.5) is 0 Å². The molecule has 11 nitrogen and oxygen atoms in total. The van der Waals surface area contributed by atoms with Gasteiger partial charge in [-0.15, -0.1) is 0 Å². The SMILES string of the molecule is N[C@@H](CN[C@@H](CN[C@@H](CC(=O)O)C(=O)O)C(=O)O)C(=O)O. The minimum atomic E-state index is -1.46. The van der Waals surface area contributed by atoms with Crippen LogP contribution in [0.2, 0.25) is 0 Å². The second-order valence-electron chi connectivity index (χ2n) is 4.14. The Hall–Kier alpha value is -2.24. The first-order valence-corrected chi connectivity index (χ1v) is 5.77. The Bertz CT molecular complexity index is 413. The van der Waals surface area contributed by atoms with Crippen LogP contribution in [0.3, 0.4) is 0 Å². The van der Waals surface area contributed by atoms with Crippen LogP contribution in [-0.4, -0.2) is 75.5 Å². The number of carboxylic acids is 4. The summed E-state index contributed by atoms with van der Waals surface area (Å²) in [6, 6.07) is -4.09. The normalized spacial score (nSPS) is 14.9. The van der Waals surface area contributed by atoms with Crippen molar-refractivity contribution in [3.05, 3.63) is 0 Å². The molecule has 0 radical (unpaired) electrons. The Morgan fingerprint density at radius 3 is 1.67 bits per heavy atom. The van der Waals surface area contributed by atoms with Crippen LogP contribution in [0.1, 0.15) is 6.42 Å². The van der Waals surface area contributed by atoms with Gasteiger partial charge in [-0.05, 0) is 0 Å². The Labute approximate surface area is 118 Å². The molecule has 21 heavy (non-hydrogen) atoms. The van der Waals surface area contributed by atoms with Gasteiger partial charge in [-0.1, -0.05) is 0 Å². The molecule has 0 saturated heterocycles. The molecule has 0 rings (SSSR count). The lowest BCUT2D eigenvalue weighted by molar-refractivity contribution is -0.146. The summed E-state index contributed by atoms with van der Waals surface area (Å²) in [5.41, 5.74) is 5.19. The van der Waals surface area contributed by atoms with Crippen LogP contribution in [0.15, 0.2) is 0 Å². The monoisotopic (exact) mass is 307 g/mol. The second-order valence-corrected chi connectivity index (χ2v) is 4.14. The summed E-state index contributed by atoms with van der Waals surface area (Å²) >= 11 is 0. The van der Waals surface area contributed by atoms with Crippen molar-refractivity contribution in [3.63, 3.8) is 0 Å². The van der Waals surface area contributed by atoms with Gasteiger partial charge < -0.3 is 36.8 Å². The van der Waals surface area contributed by atoms with Crippen molar-refractivity contribution in [2.24, 2.45) is 5.73 Å². The van der Waals surface area contributed by atoms with Gasteiger partial charge in [-0.2, -0.15) is 0 Å². The third-order valence-electron chi connectivity index (χ3n) is 2.44. The van der Waals surface area contributed by atoms with E-state index < -0.39 is 55.0 Å². The Balaban J connectivity index is 4.49. The second kappa shape index (κ2) is 8.84. The van der Waals surface area contributed by atoms with Crippen LogP contribution in [0.25, 0.3) is 0 Å². The van der Waals surface area contributed by atoms with E-state index in [1.165, 1.54) is 0 Å². The van der Waals surface area contributed by atoms with Crippen molar-refractivity contribution in [2.45, 2.75) is 24.5 Å². The van der Waals surface area contributed by atoms with Gasteiger partial charge in [0.1, 0.15) is 18.1 Å². The van der Waals surface area contributed by atoms with E-state index in [1.807, 2.05) is 0 Å². The van der Waals surface area contributed by atoms with Crippen LogP contribution in [-0.2, 0) is 19.2 Å². The molecule has 0 aromatic rings. The van der Waals surface area contributed by atoms with E-state index in [0.29, 0.717) is 0 Å². The highest BCUT2D eigenvalue weighted by molar-refractivity contribution is 5.80. The lowest BCUT2D eigenvalue weighted by Gasteiger charge is -2.19. The van der Waals surface area contributed by atoms with E-state index in [1.54, 1.807) is 0 Å². The molecule has 0 heterocycles. The van der Waals surface area contributed by atoms with E-state index in [9.17, 15) is 19.2 Å². The first-order chi connectivity index (χ1) is 9.65. The molecule has 0 unspecified atom stereocenters. The van der Waals surface area contributed by atoms with E-state index in [4.69, 9.17) is 26.2 Å². The molecule has 0 amide bonds. The maximum absolute atomic E-state index is 10.9. The zero-order chi connectivity index (χ0) is 16.6. The fraction of sp³-hybridized carbons (Fsp3) is 0.600. The summed E-state index contributed by atoms with van der Waals surface area (Å²) < 4.78 is 0.